The zero-order chi connectivity index (χ0) is 12.5. The molecule has 0 saturated carbocycles. The lowest BCUT2D eigenvalue weighted by Gasteiger charge is -2.30. The summed E-state index contributed by atoms with van der Waals surface area (Å²) in [5.74, 6) is 0.751. The summed E-state index contributed by atoms with van der Waals surface area (Å²) in [5, 5.41) is 13.9. The molecular weight excluding hydrogens is 214 g/mol. The molecular formula is C13H17N3O. The smallest absolute Gasteiger partial charge is 0.137 e. The number of benzene rings is 1. The summed E-state index contributed by atoms with van der Waals surface area (Å²) in [5.41, 5.74) is 0.461. The minimum Gasteiger partial charge on any atom is -0.391 e. The fourth-order valence-corrected chi connectivity index (χ4v) is 1.51. The van der Waals surface area contributed by atoms with Crippen LogP contribution in [0.3, 0.4) is 0 Å². The minimum absolute atomic E-state index is 0.433. The highest BCUT2D eigenvalue weighted by molar-refractivity contribution is 5.88. The molecule has 1 heterocycles. The summed E-state index contributed by atoms with van der Waals surface area (Å²) in [4.78, 5) is 8.44. The van der Waals surface area contributed by atoms with Gasteiger partial charge in [0.25, 0.3) is 0 Å². The lowest BCUT2D eigenvalue weighted by atomic mass is 9.98. The number of aliphatic hydroxyl groups excluding tert-OH is 1. The van der Waals surface area contributed by atoms with E-state index < -0.39 is 11.6 Å². The van der Waals surface area contributed by atoms with Gasteiger partial charge in [-0.1, -0.05) is 12.1 Å². The molecule has 1 aromatic carbocycles. The van der Waals surface area contributed by atoms with Gasteiger partial charge in [0.1, 0.15) is 12.1 Å². The standard InChI is InChI=1S/C13H17N3O/c1-9(17)13(2,3)16-12-10-6-4-5-7-11(10)14-8-15-12/h4-9,17H,1-3H3,(H,14,15,16). The van der Waals surface area contributed by atoms with Gasteiger partial charge in [-0.3, -0.25) is 0 Å². The Balaban J connectivity index is 2.43. The molecule has 0 amide bonds. The van der Waals surface area contributed by atoms with Crippen LogP contribution in [0.1, 0.15) is 20.8 Å². The van der Waals surface area contributed by atoms with Crippen LogP contribution in [0.15, 0.2) is 30.6 Å². The lowest BCUT2D eigenvalue weighted by Crippen LogP contribution is -2.42. The van der Waals surface area contributed by atoms with Crippen molar-refractivity contribution in [2.75, 3.05) is 5.32 Å². The van der Waals surface area contributed by atoms with Crippen LogP contribution >= 0.6 is 0 Å². The Morgan fingerprint density at radius 3 is 2.65 bits per heavy atom. The van der Waals surface area contributed by atoms with E-state index in [0.717, 1.165) is 16.7 Å². The highest BCUT2D eigenvalue weighted by atomic mass is 16.3. The molecule has 2 rings (SSSR count). The number of fused-ring (bicyclic) bond motifs is 1. The van der Waals surface area contributed by atoms with Crippen molar-refractivity contribution in [3.8, 4) is 0 Å². The normalized spacial score (nSPS) is 13.6. The summed E-state index contributed by atoms with van der Waals surface area (Å²) in [6.07, 6.45) is 1.05. The van der Waals surface area contributed by atoms with Gasteiger partial charge in [0, 0.05) is 5.39 Å². The summed E-state index contributed by atoms with van der Waals surface area (Å²) in [7, 11) is 0. The summed E-state index contributed by atoms with van der Waals surface area (Å²) >= 11 is 0. The number of rotatable bonds is 3. The number of aromatic nitrogens is 2. The monoisotopic (exact) mass is 231 g/mol. The van der Waals surface area contributed by atoms with Crippen LogP contribution in [0, 0.1) is 0 Å². The molecule has 0 saturated heterocycles. The fraction of sp³-hybridized carbons (Fsp3) is 0.385. The molecule has 90 valence electrons. The Morgan fingerprint density at radius 1 is 1.24 bits per heavy atom. The van der Waals surface area contributed by atoms with Crippen molar-refractivity contribution in [1.82, 2.24) is 9.97 Å². The molecule has 4 nitrogen and oxygen atoms in total. The molecule has 0 bridgehead atoms. The first-order valence-electron chi connectivity index (χ1n) is 5.67. The molecule has 1 aromatic heterocycles. The Morgan fingerprint density at radius 2 is 1.94 bits per heavy atom. The quantitative estimate of drug-likeness (QED) is 0.850. The lowest BCUT2D eigenvalue weighted by molar-refractivity contribution is 0.133. The van der Waals surface area contributed by atoms with E-state index in [0.29, 0.717) is 0 Å². The van der Waals surface area contributed by atoms with Gasteiger partial charge >= 0.3 is 0 Å². The fourth-order valence-electron chi connectivity index (χ4n) is 1.51. The maximum atomic E-state index is 9.71. The van der Waals surface area contributed by atoms with Gasteiger partial charge in [-0.25, -0.2) is 9.97 Å². The van der Waals surface area contributed by atoms with Crippen LogP contribution in [-0.2, 0) is 0 Å². The summed E-state index contributed by atoms with van der Waals surface area (Å²) in [6.45, 7) is 5.64. The second kappa shape index (κ2) is 4.30. The van der Waals surface area contributed by atoms with Gasteiger partial charge < -0.3 is 10.4 Å². The average Bonchev–Trinajstić information content (AvgIpc) is 2.29. The molecule has 0 aliphatic rings. The predicted molar refractivity (Wildman–Crippen MR) is 68.9 cm³/mol. The number of nitrogens with zero attached hydrogens (tertiary/aromatic N) is 2. The highest BCUT2D eigenvalue weighted by Gasteiger charge is 2.24. The van der Waals surface area contributed by atoms with E-state index in [-0.39, 0.29) is 0 Å². The van der Waals surface area contributed by atoms with E-state index in [1.54, 1.807) is 6.92 Å². The van der Waals surface area contributed by atoms with Crippen LogP contribution in [0.25, 0.3) is 10.9 Å². The minimum atomic E-state index is -0.476. The maximum absolute atomic E-state index is 9.71. The molecule has 4 heteroatoms. The molecule has 1 unspecified atom stereocenters. The predicted octanol–water partition coefficient (Wildman–Crippen LogP) is 2.20. The third kappa shape index (κ3) is 2.36. The zero-order valence-corrected chi connectivity index (χ0v) is 10.3. The molecule has 1 atom stereocenters. The first kappa shape index (κ1) is 11.8. The summed E-state index contributed by atoms with van der Waals surface area (Å²) < 4.78 is 0. The van der Waals surface area contributed by atoms with Gasteiger partial charge in [-0.15, -0.1) is 0 Å². The van der Waals surface area contributed by atoms with Crippen molar-refractivity contribution >= 4 is 16.7 Å². The van der Waals surface area contributed by atoms with Crippen LogP contribution in [0.2, 0.25) is 0 Å². The first-order valence-corrected chi connectivity index (χ1v) is 5.67. The zero-order valence-electron chi connectivity index (χ0n) is 10.3. The van der Waals surface area contributed by atoms with E-state index in [4.69, 9.17) is 0 Å². The molecule has 0 aliphatic heterocycles. The van der Waals surface area contributed by atoms with E-state index in [2.05, 4.69) is 15.3 Å². The van der Waals surface area contributed by atoms with E-state index in [1.165, 1.54) is 6.33 Å². The Labute approximate surface area is 101 Å². The SMILES string of the molecule is CC(O)C(C)(C)Nc1ncnc2ccccc12. The molecule has 0 fully saturated rings. The number of hydrogen-bond acceptors (Lipinski definition) is 4. The first-order chi connectivity index (χ1) is 8.00. The van der Waals surface area contributed by atoms with E-state index in [1.807, 2.05) is 38.1 Å². The number of hydrogen-bond donors (Lipinski definition) is 2. The van der Waals surface area contributed by atoms with Crippen LogP contribution in [0.5, 0.6) is 0 Å². The third-order valence-electron chi connectivity index (χ3n) is 3.03. The van der Waals surface area contributed by atoms with Crippen molar-refractivity contribution in [2.45, 2.75) is 32.4 Å². The van der Waals surface area contributed by atoms with Gasteiger partial charge in [0.15, 0.2) is 0 Å². The average molecular weight is 231 g/mol. The van der Waals surface area contributed by atoms with Gasteiger partial charge in [-0.2, -0.15) is 0 Å². The highest BCUT2D eigenvalue weighted by Crippen LogP contribution is 2.23. The van der Waals surface area contributed by atoms with E-state index >= 15 is 0 Å². The van der Waals surface area contributed by atoms with Crippen molar-refractivity contribution in [3.05, 3.63) is 30.6 Å². The number of anilines is 1. The third-order valence-corrected chi connectivity index (χ3v) is 3.03. The largest absolute Gasteiger partial charge is 0.391 e. The van der Waals surface area contributed by atoms with Crippen molar-refractivity contribution in [2.24, 2.45) is 0 Å². The number of para-hydroxylation sites is 1. The van der Waals surface area contributed by atoms with Crippen LogP contribution < -0.4 is 5.32 Å². The second-order valence-corrected chi connectivity index (χ2v) is 4.76. The van der Waals surface area contributed by atoms with Crippen molar-refractivity contribution in [1.29, 1.82) is 0 Å². The van der Waals surface area contributed by atoms with Crippen molar-refractivity contribution in [3.63, 3.8) is 0 Å². The van der Waals surface area contributed by atoms with Gasteiger partial charge in [0.05, 0.1) is 17.2 Å². The molecule has 17 heavy (non-hydrogen) atoms. The summed E-state index contributed by atoms with van der Waals surface area (Å²) in [6, 6.07) is 7.80. The van der Waals surface area contributed by atoms with Crippen molar-refractivity contribution < 1.29 is 5.11 Å². The Hall–Kier alpha value is -1.68. The topological polar surface area (TPSA) is 58.0 Å². The number of nitrogens with one attached hydrogen (secondary N) is 1. The van der Waals surface area contributed by atoms with Crippen LogP contribution in [-0.4, -0.2) is 26.7 Å². The molecule has 2 aromatic rings. The molecule has 0 aliphatic carbocycles. The van der Waals surface area contributed by atoms with Gasteiger partial charge in [0.2, 0.25) is 0 Å². The van der Waals surface area contributed by atoms with Crippen LogP contribution in [0.4, 0.5) is 5.82 Å². The number of aliphatic hydroxyl groups is 1. The Kier molecular flexibility index (Phi) is 2.98. The Bertz CT molecular complexity index is 518. The van der Waals surface area contributed by atoms with E-state index in [9.17, 15) is 5.11 Å². The van der Waals surface area contributed by atoms with Gasteiger partial charge in [-0.05, 0) is 32.9 Å². The molecule has 0 radical (unpaired) electrons. The maximum Gasteiger partial charge on any atom is 0.137 e. The second-order valence-electron chi connectivity index (χ2n) is 4.76. The molecule has 2 N–H and O–H groups in total. The molecule has 0 spiro atoms.